The zero-order valence-corrected chi connectivity index (χ0v) is 7.81. The van der Waals surface area contributed by atoms with E-state index in [2.05, 4.69) is 32.7 Å². The average molecular weight is 169 g/mol. The first-order chi connectivity index (χ1) is 5.38. The standard InChI is InChI=1S/C9H15NO2/c1-6-10-8(11)7(12-6)5-9(2,3)4/h7H,1,5H2,2-4H3,(H,10,11). The number of hydrogen-bond donors (Lipinski definition) is 1. The minimum absolute atomic E-state index is 0.0741. The van der Waals surface area contributed by atoms with Crippen LogP contribution < -0.4 is 5.32 Å². The molecule has 1 saturated heterocycles. The Morgan fingerprint density at radius 1 is 1.58 bits per heavy atom. The van der Waals surface area contributed by atoms with E-state index in [1.165, 1.54) is 0 Å². The number of nitrogens with one attached hydrogen (secondary N) is 1. The van der Waals surface area contributed by atoms with Crippen molar-refractivity contribution in [2.75, 3.05) is 0 Å². The number of carbonyl (C=O) groups is 1. The molecule has 0 aromatic rings. The molecule has 1 heterocycles. The monoisotopic (exact) mass is 169 g/mol. The Hall–Kier alpha value is -0.990. The van der Waals surface area contributed by atoms with E-state index < -0.39 is 0 Å². The van der Waals surface area contributed by atoms with E-state index in [0.29, 0.717) is 5.88 Å². The van der Waals surface area contributed by atoms with Crippen molar-refractivity contribution in [2.45, 2.75) is 33.3 Å². The highest BCUT2D eigenvalue weighted by Gasteiger charge is 2.32. The quantitative estimate of drug-likeness (QED) is 0.644. The molecule has 3 heteroatoms. The van der Waals surface area contributed by atoms with Gasteiger partial charge in [-0.3, -0.25) is 10.1 Å². The van der Waals surface area contributed by atoms with Crippen molar-refractivity contribution in [3.05, 3.63) is 12.5 Å². The summed E-state index contributed by atoms with van der Waals surface area (Å²) in [6.07, 6.45) is 0.371. The zero-order valence-electron chi connectivity index (χ0n) is 7.81. The third-order valence-corrected chi connectivity index (χ3v) is 1.64. The van der Waals surface area contributed by atoms with Gasteiger partial charge in [0.05, 0.1) is 0 Å². The first-order valence-corrected chi connectivity index (χ1v) is 4.05. The highest BCUT2D eigenvalue weighted by Crippen LogP contribution is 2.25. The molecular formula is C9H15NO2. The van der Waals surface area contributed by atoms with Gasteiger partial charge in [-0.25, -0.2) is 0 Å². The second kappa shape index (κ2) is 2.81. The molecule has 1 aliphatic rings. The molecule has 1 unspecified atom stereocenters. The summed E-state index contributed by atoms with van der Waals surface area (Å²) in [7, 11) is 0. The van der Waals surface area contributed by atoms with Gasteiger partial charge in [-0.2, -0.15) is 0 Å². The average Bonchev–Trinajstić information content (AvgIpc) is 2.06. The van der Waals surface area contributed by atoms with Crippen LogP contribution in [0.2, 0.25) is 0 Å². The van der Waals surface area contributed by atoms with Gasteiger partial charge in [-0.1, -0.05) is 20.8 Å². The van der Waals surface area contributed by atoms with Crippen molar-refractivity contribution < 1.29 is 9.53 Å². The molecule has 0 bridgehead atoms. The predicted octanol–water partition coefficient (Wildman–Crippen LogP) is 1.41. The molecule has 0 saturated carbocycles. The van der Waals surface area contributed by atoms with Crippen LogP contribution in [0.25, 0.3) is 0 Å². The Balaban J connectivity index is 2.54. The fourth-order valence-corrected chi connectivity index (χ4v) is 1.16. The van der Waals surface area contributed by atoms with Gasteiger partial charge in [0, 0.05) is 0 Å². The molecule has 0 radical (unpaired) electrons. The van der Waals surface area contributed by atoms with E-state index in [0.717, 1.165) is 6.42 Å². The molecule has 12 heavy (non-hydrogen) atoms. The van der Waals surface area contributed by atoms with Gasteiger partial charge < -0.3 is 4.74 Å². The Labute approximate surface area is 72.8 Å². The van der Waals surface area contributed by atoms with Crippen LogP contribution in [-0.4, -0.2) is 12.0 Å². The summed E-state index contributed by atoms with van der Waals surface area (Å²) in [4.78, 5) is 11.2. The second-order valence-corrected chi connectivity index (χ2v) is 4.28. The van der Waals surface area contributed by atoms with Crippen LogP contribution in [0, 0.1) is 5.41 Å². The topological polar surface area (TPSA) is 38.3 Å². The highest BCUT2D eigenvalue weighted by atomic mass is 16.5. The molecule has 1 N–H and O–H groups in total. The molecule has 1 atom stereocenters. The minimum atomic E-state index is -0.350. The minimum Gasteiger partial charge on any atom is -0.466 e. The maximum atomic E-state index is 11.2. The van der Waals surface area contributed by atoms with Crippen LogP contribution in [0.1, 0.15) is 27.2 Å². The molecule has 0 aliphatic carbocycles. The van der Waals surface area contributed by atoms with Crippen LogP contribution in [0.5, 0.6) is 0 Å². The molecule has 1 aliphatic heterocycles. The lowest BCUT2D eigenvalue weighted by atomic mass is 9.89. The predicted molar refractivity (Wildman–Crippen MR) is 46.2 cm³/mol. The maximum Gasteiger partial charge on any atom is 0.267 e. The summed E-state index contributed by atoms with van der Waals surface area (Å²) in [5, 5.41) is 2.53. The van der Waals surface area contributed by atoms with Crippen LogP contribution in [0.4, 0.5) is 0 Å². The molecule has 0 aromatic carbocycles. The van der Waals surface area contributed by atoms with E-state index in [9.17, 15) is 4.79 Å². The highest BCUT2D eigenvalue weighted by molar-refractivity contribution is 5.84. The zero-order chi connectivity index (χ0) is 9.35. The fourth-order valence-electron chi connectivity index (χ4n) is 1.16. The van der Waals surface area contributed by atoms with Crippen molar-refractivity contribution in [3.63, 3.8) is 0 Å². The molecule has 0 aromatic heterocycles. The van der Waals surface area contributed by atoms with Gasteiger partial charge >= 0.3 is 0 Å². The molecule has 3 nitrogen and oxygen atoms in total. The lowest BCUT2D eigenvalue weighted by Crippen LogP contribution is -2.27. The van der Waals surface area contributed by atoms with Crippen LogP contribution in [0.3, 0.4) is 0 Å². The first-order valence-electron chi connectivity index (χ1n) is 4.05. The number of rotatable bonds is 1. The summed E-state index contributed by atoms with van der Waals surface area (Å²) in [5.41, 5.74) is 0.104. The fraction of sp³-hybridized carbons (Fsp3) is 0.667. The Morgan fingerprint density at radius 2 is 2.17 bits per heavy atom. The van der Waals surface area contributed by atoms with Gasteiger partial charge in [-0.05, 0) is 18.4 Å². The normalized spacial score (nSPS) is 23.8. The van der Waals surface area contributed by atoms with Crippen LogP contribution in [0.15, 0.2) is 12.5 Å². The van der Waals surface area contributed by atoms with E-state index in [1.54, 1.807) is 0 Å². The van der Waals surface area contributed by atoms with Gasteiger partial charge in [0.1, 0.15) is 0 Å². The van der Waals surface area contributed by atoms with Gasteiger partial charge in [0.25, 0.3) is 5.91 Å². The summed E-state index contributed by atoms with van der Waals surface area (Å²) in [6.45, 7) is 9.75. The summed E-state index contributed by atoms with van der Waals surface area (Å²) in [6, 6.07) is 0. The third kappa shape index (κ3) is 2.26. The van der Waals surface area contributed by atoms with Crippen molar-refractivity contribution in [2.24, 2.45) is 5.41 Å². The van der Waals surface area contributed by atoms with Gasteiger partial charge in [-0.15, -0.1) is 0 Å². The van der Waals surface area contributed by atoms with E-state index in [4.69, 9.17) is 4.74 Å². The van der Waals surface area contributed by atoms with Crippen LogP contribution in [-0.2, 0) is 9.53 Å². The van der Waals surface area contributed by atoms with Gasteiger partial charge in [0.15, 0.2) is 12.0 Å². The summed E-state index contributed by atoms with van der Waals surface area (Å²) >= 11 is 0. The SMILES string of the molecule is C=C1NC(=O)C(CC(C)(C)C)O1. The van der Waals surface area contributed by atoms with Crippen molar-refractivity contribution in [1.29, 1.82) is 0 Å². The number of ether oxygens (including phenoxy) is 1. The van der Waals surface area contributed by atoms with Gasteiger partial charge in [0.2, 0.25) is 0 Å². The summed E-state index contributed by atoms with van der Waals surface area (Å²) in [5.74, 6) is 0.296. The number of carbonyl (C=O) groups excluding carboxylic acids is 1. The molecule has 0 spiro atoms. The molecule has 1 fully saturated rings. The third-order valence-electron chi connectivity index (χ3n) is 1.64. The Bertz CT molecular complexity index is 215. The lowest BCUT2D eigenvalue weighted by Gasteiger charge is -2.20. The first kappa shape index (κ1) is 9.10. The lowest BCUT2D eigenvalue weighted by molar-refractivity contribution is -0.124. The van der Waals surface area contributed by atoms with Crippen molar-refractivity contribution in [1.82, 2.24) is 5.32 Å². The largest absolute Gasteiger partial charge is 0.466 e. The van der Waals surface area contributed by atoms with Crippen molar-refractivity contribution in [3.8, 4) is 0 Å². The second-order valence-electron chi connectivity index (χ2n) is 4.28. The Morgan fingerprint density at radius 3 is 2.50 bits per heavy atom. The van der Waals surface area contributed by atoms with E-state index in [1.807, 2.05) is 0 Å². The number of hydrogen-bond acceptors (Lipinski definition) is 2. The molecular weight excluding hydrogens is 154 g/mol. The van der Waals surface area contributed by atoms with E-state index >= 15 is 0 Å². The van der Waals surface area contributed by atoms with Crippen LogP contribution >= 0.6 is 0 Å². The molecule has 1 amide bonds. The van der Waals surface area contributed by atoms with E-state index in [-0.39, 0.29) is 17.4 Å². The summed E-state index contributed by atoms with van der Waals surface area (Å²) < 4.78 is 5.19. The van der Waals surface area contributed by atoms with Crippen molar-refractivity contribution >= 4 is 5.91 Å². The smallest absolute Gasteiger partial charge is 0.267 e. The molecule has 1 rings (SSSR count). The Kier molecular flexibility index (Phi) is 2.13. The number of amides is 1. The maximum absolute atomic E-state index is 11.2. The molecule has 68 valence electrons.